The van der Waals surface area contributed by atoms with Gasteiger partial charge in [-0.1, -0.05) is 29.3 Å². The number of benzene rings is 3. The molecule has 0 heterocycles. The predicted octanol–water partition coefficient (Wildman–Crippen LogP) is 8.18. The average molecular weight is 675 g/mol. The monoisotopic (exact) mass is 673 g/mol. The first-order valence-corrected chi connectivity index (χ1v) is 13.2. The molecule has 222 valence electrons. The Morgan fingerprint density at radius 1 is 0.833 bits per heavy atom. The van der Waals surface area contributed by atoms with Crippen molar-refractivity contribution in [3.05, 3.63) is 98.0 Å². The van der Waals surface area contributed by atoms with Gasteiger partial charge in [0.25, 0.3) is 0 Å². The van der Waals surface area contributed by atoms with E-state index in [0.29, 0.717) is 23.8 Å². The molecule has 0 bridgehead atoms. The minimum atomic E-state index is -5.37. The SMILES string of the molecule is O=C(Cc1ccc(F)c(CC(=O)C(F)(F)F)c1F)c1cc(NC(=O)[C@H]2[C@H](c3cc(Cl)cc(Cl)c3)C2(Cl)Cl)cc(F)c1F. The van der Waals surface area contributed by atoms with Crippen LogP contribution in [0.2, 0.25) is 10.0 Å². The normalized spacial score (nSPS) is 17.6. The number of rotatable bonds is 8. The van der Waals surface area contributed by atoms with Crippen LogP contribution in [0, 0.1) is 29.2 Å². The molecule has 1 amide bonds. The van der Waals surface area contributed by atoms with Crippen LogP contribution in [0.5, 0.6) is 0 Å². The lowest BCUT2D eigenvalue weighted by Crippen LogP contribution is -2.25. The number of carbonyl (C=O) groups is 3. The van der Waals surface area contributed by atoms with Crippen LogP contribution in [0.4, 0.5) is 36.4 Å². The molecule has 4 nitrogen and oxygen atoms in total. The lowest BCUT2D eigenvalue weighted by Gasteiger charge is -2.12. The van der Waals surface area contributed by atoms with E-state index in [4.69, 9.17) is 46.4 Å². The van der Waals surface area contributed by atoms with Crippen LogP contribution >= 0.6 is 46.4 Å². The van der Waals surface area contributed by atoms with Crippen molar-refractivity contribution in [3.8, 4) is 0 Å². The van der Waals surface area contributed by atoms with Crippen molar-refractivity contribution in [2.24, 2.45) is 5.92 Å². The Morgan fingerprint density at radius 2 is 1.45 bits per heavy atom. The van der Waals surface area contributed by atoms with Gasteiger partial charge in [-0.25, -0.2) is 17.6 Å². The Hall–Kier alpha value is -2.86. The zero-order valence-corrected chi connectivity index (χ0v) is 23.5. The van der Waals surface area contributed by atoms with Crippen molar-refractivity contribution in [1.82, 2.24) is 0 Å². The number of hydrogen-bond donors (Lipinski definition) is 1. The summed E-state index contributed by atoms with van der Waals surface area (Å²) in [6.07, 6.45) is -8.11. The van der Waals surface area contributed by atoms with Gasteiger partial charge in [0.05, 0.1) is 11.5 Å². The molecular formula is C27H14Cl4F7NO3. The van der Waals surface area contributed by atoms with Gasteiger partial charge in [-0.3, -0.25) is 14.4 Å². The molecule has 0 radical (unpaired) electrons. The number of halogens is 11. The summed E-state index contributed by atoms with van der Waals surface area (Å²) in [5, 5.41) is 2.77. The summed E-state index contributed by atoms with van der Waals surface area (Å²) in [6.45, 7) is 0. The molecule has 0 aromatic heterocycles. The fourth-order valence-electron chi connectivity index (χ4n) is 4.38. The van der Waals surface area contributed by atoms with E-state index in [-0.39, 0.29) is 10.0 Å². The number of alkyl halides is 5. The van der Waals surface area contributed by atoms with Gasteiger partial charge in [-0.05, 0) is 41.5 Å². The van der Waals surface area contributed by atoms with Crippen molar-refractivity contribution in [2.45, 2.75) is 29.3 Å². The van der Waals surface area contributed by atoms with Crippen LogP contribution in [-0.4, -0.2) is 28.0 Å². The number of amides is 1. The number of hydrogen-bond acceptors (Lipinski definition) is 3. The first kappa shape index (κ1) is 32.1. The Kier molecular flexibility index (Phi) is 8.91. The van der Waals surface area contributed by atoms with Crippen molar-refractivity contribution >= 4 is 69.6 Å². The van der Waals surface area contributed by atoms with E-state index < -0.39 is 98.3 Å². The van der Waals surface area contributed by atoms with Crippen molar-refractivity contribution in [2.75, 3.05) is 5.32 Å². The zero-order chi connectivity index (χ0) is 31.3. The van der Waals surface area contributed by atoms with Gasteiger partial charge >= 0.3 is 6.18 Å². The second kappa shape index (κ2) is 11.7. The van der Waals surface area contributed by atoms with Crippen LogP contribution in [-0.2, 0) is 22.4 Å². The average Bonchev–Trinajstić information content (AvgIpc) is 3.46. The van der Waals surface area contributed by atoms with Gasteiger partial charge in [0.15, 0.2) is 17.4 Å². The fourth-order valence-corrected chi connectivity index (χ4v) is 5.75. The van der Waals surface area contributed by atoms with E-state index in [1.165, 1.54) is 18.2 Å². The van der Waals surface area contributed by atoms with E-state index in [9.17, 15) is 45.1 Å². The van der Waals surface area contributed by atoms with E-state index in [2.05, 4.69) is 5.32 Å². The summed E-state index contributed by atoms with van der Waals surface area (Å²) in [5.74, 6) is -12.8. The fraction of sp³-hybridized carbons (Fsp3) is 0.222. The van der Waals surface area contributed by atoms with E-state index in [1.54, 1.807) is 0 Å². The molecule has 0 spiro atoms. The van der Waals surface area contributed by atoms with Gasteiger partial charge in [0.2, 0.25) is 11.7 Å². The number of ketones is 2. The highest BCUT2D eigenvalue weighted by Crippen LogP contribution is 2.65. The molecule has 0 aliphatic heterocycles. The molecule has 1 aliphatic rings. The summed E-state index contributed by atoms with van der Waals surface area (Å²) in [7, 11) is 0. The maximum Gasteiger partial charge on any atom is 0.450 e. The van der Waals surface area contributed by atoms with E-state index >= 15 is 0 Å². The molecule has 1 fully saturated rings. The highest BCUT2D eigenvalue weighted by molar-refractivity contribution is 6.53. The third-order valence-corrected chi connectivity index (χ3v) is 7.82. The Morgan fingerprint density at radius 3 is 2.05 bits per heavy atom. The van der Waals surface area contributed by atoms with Crippen molar-refractivity contribution in [3.63, 3.8) is 0 Å². The molecular weight excluding hydrogens is 661 g/mol. The summed E-state index contributed by atoms with van der Waals surface area (Å²) in [4.78, 5) is 37.0. The van der Waals surface area contributed by atoms with Gasteiger partial charge in [0, 0.05) is 46.1 Å². The quantitative estimate of drug-likeness (QED) is 0.149. The van der Waals surface area contributed by atoms with Crippen LogP contribution < -0.4 is 5.32 Å². The second-order valence-corrected chi connectivity index (χ2v) is 11.7. The third kappa shape index (κ3) is 6.54. The Bertz CT molecular complexity index is 1610. The number of nitrogens with one attached hydrogen (secondary N) is 1. The lowest BCUT2D eigenvalue weighted by molar-refractivity contribution is -0.170. The third-order valence-electron chi connectivity index (χ3n) is 6.45. The van der Waals surface area contributed by atoms with E-state index in [0.717, 1.165) is 6.07 Å². The number of anilines is 1. The minimum Gasteiger partial charge on any atom is -0.326 e. The van der Waals surface area contributed by atoms with Gasteiger partial charge < -0.3 is 5.32 Å². The molecule has 0 unspecified atom stereocenters. The molecule has 15 heteroatoms. The molecule has 2 atom stereocenters. The van der Waals surface area contributed by atoms with Crippen molar-refractivity contribution in [1.29, 1.82) is 0 Å². The first-order chi connectivity index (χ1) is 19.4. The summed E-state index contributed by atoms with van der Waals surface area (Å²) >= 11 is 24.5. The topological polar surface area (TPSA) is 63.2 Å². The number of carbonyl (C=O) groups excluding carboxylic acids is 3. The van der Waals surface area contributed by atoms with Crippen LogP contribution in [0.3, 0.4) is 0 Å². The molecule has 1 N–H and O–H groups in total. The second-order valence-electron chi connectivity index (χ2n) is 9.34. The first-order valence-electron chi connectivity index (χ1n) is 11.6. The largest absolute Gasteiger partial charge is 0.450 e. The minimum absolute atomic E-state index is 0.244. The van der Waals surface area contributed by atoms with Crippen LogP contribution in [0.25, 0.3) is 0 Å². The van der Waals surface area contributed by atoms with Crippen LogP contribution in [0.15, 0.2) is 42.5 Å². The summed E-state index contributed by atoms with van der Waals surface area (Å²) in [5.41, 5.74) is -2.87. The van der Waals surface area contributed by atoms with E-state index in [1.807, 2.05) is 0 Å². The summed E-state index contributed by atoms with van der Waals surface area (Å²) in [6, 6.07) is 6.94. The van der Waals surface area contributed by atoms with Gasteiger partial charge in [-0.2, -0.15) is 13.2 Å². The summed E-state index contributed by atoms with van der Waals surface area (Å²) < 4.78 is 94.0. The zero-order valence-electron chi connectivity index (χ0n) is 20.5. The molecule has 4 rings (SSSR count). The Labute approximate surface area is 252 Å². The molecule has 1 aliphatic carbocycles. The molecule has 3 aromatic rings. The van der Waals surface area contributed by atoms with Gasteiger partial charge in [0.1, 0.15) is 16.0 Å². The van der Waals surface area contributed by atoms with Crippen molar-refractivity contribution < 1.29 is 45.1 Å². The molecule has 3 aromatic carbocycles. The maximum absolute atomic E-state index is 14.8. The molecule has 42 heavy (non-hydrogen) atoms. The lowest BCUT2D eigenvalue weighted by atomic mass is 9.97. The highest BCUT2D eigenvalue weighted by Gasteiger charge is 2.67. The maximum atomic E-state index is 14.8. The van der Waals surface area contributed by atoms with Crippen LogP contribution in [0.1, 0.15) is 33.0 Å². The smallest absolute Gasteiger partial charge is 0.326 e. The molecule has 1 saturated carbocycles. The molecule has 0 saturated heterocycles. The number of Topliss-reactive ketones (excluding diaryl/α,β-unsaturated/α-hetero) is 2. The highest BCUT2D eigenvalue weighted by atomic mass is 35.5. The Balaban J connectivity index is 1.56. The standard InChI is InChI=1S/C27H14Cl4F7NO3/c28-12-3-11(4-13(29)6-12)21-22(26(21,30)31)25(42)39-14-7-16(24(35)18(33)8-14)19(40)5-10-1-2-17(32)15(23(10)34)9-20(41)27(36,37)38/h1-4,6-8,21-22H,5,9H2,(H,39,42)/t21-,22+/m0/s1. The predicted molar refractivity (Wildman–Crippen MR) is 141 cm³/mol. The van der Waals surface area contributed by atoms with Gasteiger partial charge in [-0.15, -0.1) is 23.2 Å².